The average molecular weight is 2080 g/mol. The summed E-state index contributed by atoms with van der Waals surface area (Å²) in [4.78, 5) is 70.8. The van der Waals surface area contributed by atoms with Crippen molar-refractivity contribution >= 4 is 113 Å². The van der Waals surface area contributed by atoms with Crippen molar-refractivity contribution in [2.24, 2.45) is 0 Å². The third kappa shape index (κ3) is 69.0. The van der Waals surface area contributed by atoms with Crippen molar-refractivity contribution in [1.29, 1.82) is 0 Å². The summed E-state index contributed by atoms with van der Waals surface area (Å²) in [7, 11) is 23.1. The highest BCUT2D eigenvalue weighted by Crippen LogP contribution is 2.61. The number of para-hydroxylation sites is 8. The largest absolute Gasteiger partial charge is 0.489 e. The van der Waals surface area contributed by atoms with Gasteiger partial charge in [-0.25, -0.2) is 0 Å². The van der Waals surface area contributed by atoms with Crippen LogP contribution >= 0.6 is 50.8 Å². The Kier molecular flexibility index (Phi) is 84.4. The van der Waals surface area contributed by atoms with Crippen LogP contribution in [0.5, 0.6) is 28.7 Å². The topological polar surface area (TPSA) is 355 Å². The average Bonchev–Trinajstić information content (AvgIpc) is 0.904. The highest BCUT2D eigenvalue weighted by Gasteiger charge is 2.28. The van der Waals surface area contributed by atoms with Crippen LogP contribution in [0.1, 0.15) is 33.1 Å². The number of anilines is 5. The molecule has 5 heterocycles. The lowest BCUT2D eigenvalue weighted by Gasteiger charge is -2.28. The highest BCUT2D eigenvalue weighted by atomic mass is 36.0. The van der Waals surface area contributed by atoms with Gasteiger partial charge < -0.3 is 139 Å². The van der Waals surface area contributed by atoms with Gasteiger partial charge in [-0.05, 0) is 157 Å². The summed E-state index contributed by atoms with van der Waals surface area (Å²) in [6.45, 7) is 29.2. The second kappa shape index (κ2) is 90.9. The molecule has 2 N–H and O–H groups in total. The first-order valence-electron chi connectivity index (χ1n) is 45.5. The van der Waals surface area contributed by atoms with Gasteiger partial charge >= 0.3 is 17.0 Å². The van der Waals surface area contributed by atoms with Gasteiger partial charge in [-0.15, -0.1) is 0 Å². The minimum Gasteiger partial charge on any atom is -0.489 e. The van der Waals surface area contributed by atoms with E-state index in [0.717, 1.165) is 86.3 Å². The molecule has 0 saturated carbocycles. The number of rotatable bonds is 12. The van der Waals surface area contributed by atoms with Crippen LogP contribution in [0.2, 0.25) is 0 Å². The molecule has 0 spiro atoms. The van der Waals surface area contributed by atoms with Gasteiger partial charge in [-0.1, -0.05) is 56.0 Å². The molecule has 140 heavy (non-hydrogen) atoms. The zero-order chi connectivity index (χ0) is 101. The molecule has 46 heteroatoms. The van der Waals surface area contributed by atoms with E-state index in [1.165, 1.54) is 9.80 Å². The Morgan fingerprint density at radius 1 is 0.429 bits per heavy atom. The predicted molar refractivity (Wildman–Crippen MR) is 545 cm³/mol. The molecule has 0 aromatic heterocycles. The number of benzene rings is 5. The Hall–Kier alpha value is -8.05. The van der Waals surface area contributed by atoms with E-state index in [0.29, 0.717) is 273 Å². The summed E-state index contributed by atoms with van der Waals surface area (Å²) >= 11 is 18.5. The standard InChI is InChI=1S/C19H30N2O5.C18H26N2O6.C18H30N2O4.C18H25NO7.C14H21NO4.C4H5ClO3.C2H7N.CH4.B2.Cl3OP.H2/c1-20(2)5-6-21-7-8-23-9-10-24-11-12-25-13-14-26-19-15-17(16-22)3-4-18(19)21;1-19(2)17(21)18(22)20-7-8-23-9-10-24-11-12-25-13-14-26-16-6-4-3-5-15(16)20;1-19(2)7-8-20-9-10-21-11-12-22-13-14-23-15-16-24-18-6-4-3-5-17(18)20;1-2-25-26-16-15-24-19-7-8-20-9-10-21-11-12-22-13-14-23-18-6-4-3-5-17(18)19;1-2-4-14-13(3-1)15-5-6-16-7-8-17-9-10-18-11-12-19-14;1-2-7-8-4-3-6-5;1-3-2;;1-2;1-5(2,3)4;/h3-4,15-16H,5-14H2,1-2H3;3-6H,7-14H2,1-2H3;3-6H,7-16H2,1-2H3;3-6H,2,7-14H2,1H3;1-4,15H,5-12H2;2H2,1H3;3H,1-2H3;1H4;;;1H. The van der Waals surface area contributed by atoms with E-state index >= 15 is 0 Å². The van der Waals surface area contributed by atoms with E-state index < -0.39 is 17.0 Å². The number of halogens is 4. The molecule has 0 unspecified atom stereocenters. The molecule has 10 rings (SSSR count). The number of likely N-dealkylation sites (N-methyl/N-ethyl adjacent to an activating group) is 3. The Morgan fingerprint density at radius 2 is 0.743 bits per heavy atom. The van der Waals surface area contributed by atoms with Crippen LogP contribution in [0.15, 0.2) is 115 Å². The van der Waals surface area contributed by atoms with Crippen molar-refractivity contribution in [3.05, 3.63) is 121 Å². The number of fused-ring (bicyclic) bond motifs is 5. The normalized spacial score (nSPS) is 16.3. The second-order valence-corrected chi connectivity index (χ2v) is 35.7. The van der Waals surface area contributed by atoms with Crippen LogP contribution < -0.4 is 54.1 Å². The number of aldehydes is 1. The number of carbonyl (C=O) groups excluding carboxylic acids is 3. The first kappa shape index (κ1) is 130. The first-order valence-corrected chi connectivity index (χ1v) is 50.2. The van der Waals surface area contributed by atoms with E-state index in [1.807, 2.05) is 125 Å². The van der Waals surface area contributed by atoms with Crippen molar-refractivity contribution in [2.45, 2.75) is 21.3 Å². The molecule has 2 amide bonds. The maximum atomic E-state index is 12.7. The molecule has 4 radical (unpaired) electrons. The summed E-state index contributed by atoms with van der Waals surface area (Å²) < 4.78 is 125. The van der Waals surface area contributed by atoms with E-state index in [1.54, 1.807) is 57.3 Å². The van der Waals surface area contributed by atoms with E-state index in [-0.39, 0.29) is 22.0 Å². The zero-order valence-corrected chi connectivity index (χ0v) is 86.0. The van der Waals surface area contributed by atoms with Crippen LogP contribution in [-0.2, 0) is 114 Å². The maximum absolute atomic E-state index is 12.7. The Balaban J connectivity index is 0.00000166. The second-order valence-electron chi connectivity index (χ2n) is 28.9. The van der Waals surface area contributed by atoms with Crippen molar-refractivity contribution in [3.63, 3.8) is 0 Å². The van der Waals surface area contributed by atoms with Crippen LogP contribution in [0.25, 0.3) is 0 Å². The van der Waals surface area contributed by atoms with Crippen molar-refractivity contribution in [3.8, 4) is 53.2 Å². The first-order chi connectivity index (χ1) is 67.8. The molecular formula is C94H150B2Cl4N9O30P. The summed E-state index contributed by atoms with van der Waals surface area (Å²) in [5, 5.41) is 4.41. The Morgan fingerprint density at radius 3 is 1.14 bits per heavy atom. The van der Waals surface area contributed by atoms with E-state index in [2.05, 4.69) is 143 Å². The molecule has 5 aliphatic heterocycles. The monoisotopic (exact) mass is 2080 g/mol. The summed E-state index contributed by atoms with van der Waals surface area (Å²) in [6, 6.07) is 36.2. The van der Waals surface area contributed by atoms with Gasteiger partial charge in [-0.2, -0.15) is 14.8 Å². The zero-order valence-electron chi connectivity index (χ0n) is 82.1. The van der Waals surface area contributed by atoms with Crippen LogP contribution in [0.3, 0.4) is 0 Å². The molecule has 5 aromatic rings. The molecule has 0 bridgehead atoms. The van der Waals surface area contributed by atoms with Gasteiger partial charge in [0.05, 0.1) is 241 Å². The fourth-order valence-electron chi connectivity index (χ4n) is 11.3. The van der Waals surface area contributed by atoms with Crippen molar-refractivity contribution in [2.75, 3.05) is 385 Å². The number of hydrogen-bond acceptors (Lipinski definition) is 37. The SMILES string of the molecule is C.CCOOC#COCl.CCOOC#CON1CCOCCOCCOCCOc2ccccc21.CN(C)C(=O)C(=O)N1CCOCCOCCOCCOc2ccccc21.CN(C)CCN1CCOCCOCCOCCOc2cc(C=O)ccc21.CN(C)CCN1CCOCCOCCOCCOc2ccccc21.CNC.O=P(Cl)(Cl)Cl.[B][B].[HH].c1ccc2c(c1)NCCOCCOCCOCCO2. The minimum absolute atomic E-state index is 0. The smallest absolute Gasteiger partial charge is 0.339 e. The molecule has 790 valence electrons. The van der Waals surface area contributed by atoms with Crippen LogP contribution in [-0.4, -0.2) is 408 Å². The summed E-state index contributed by atoms with van der Waals surface area (Å²) in [5.74, 6) is 2.37. The lowest BCUT2D eigenvalue weighted by Crippen LogP contribution is -2.44. The molecule has 0 aliphatic carbocycles. The molecule has 5 aromatic carbocycles. The van der Waals surface area contributed by atoms with Gasteiger partial charge in [0, 0.05) is 88.9 Å². The summed E-state index contributed by atoms with van der Waals surface area (Å²) in [6.07, 6.45) is 9.56. The van der Waals surface area contributed by atoms with Crippen LogP contribution in [0.4, 0.5) is 28.4 Å². The highest BCUT2D eigenvalue weighted by molar-refractivity contribution is 8.24. The molecule has 0 atom stereocenters. The third-order valence-electron chi connectivity index (χ3n) is 17.6. The lowest BCUT2D eigenvalue weighted by atomic mass is 9.81. The van der Waals surface area contributed by atoms with Crippen molar-refractivity contribution in [1.82, 2.24) is 20.0 Å². The maximum Gasteiger partial charge on any atom is 0.339 e. The van der Waals surface area contributed by atoms with E-state index in [4.69, 9.17) is 104 Å². The Labute approximate surface area is 852 Å². The van der Waals surface area contributed by atoms with Gasteiger partial charge in [-0.3, -0.25) is 33.6 Å². The fraction of sp³-hybridized carbons (Fsp3) is 0.606. The summed E-state index contributed by atoms with van der Waals surface area (Å²) in [5.41, 5.74) is 4.91. The van der Waals surface area contributed by atoms with Crippen LogP contribution in [0, 0.1) is 24.4 Å². The fourth-order valence-corrected chi connectivity index (χ4v) is 11.4. The Bertz CT molecular complexity index is 4000. The molecule has 5 aliphatic rings. The molecule has 0 fully saturated rings. The molecular weight excluding hydrogens is 1930 g/mol. The lowest BCUT2D eigenvalue weighted by molar-refractivity contribution is -0.232. The number of nitrogens with one attached hydrogen (secondary N) is 2. The number of ether oxygens (including phenoxy) is 20. The predicted octanol–water partition coefficient (Wildman–Crippen LogP) is 10.5. The number of hydrogen-bond donors (Lipinski definition) is 2. The number of nitrogens with zero attached hydrogens (tertiary/aromatic N) is 7. The molecule has 0 saturated heterocycles. The number of amides is 2. The number of hydroxylamine groups is 1. The van der Waals surface area contributed by atoms with Gasteiger partial charge in [0.25, 0.3) is 0 Å². The van der Waals surface area contributed by atoms with Gasteiger partial charge in [0.2, 0.25) is 12.2 Å². The van der Waals surface area contributed by atoms with Crippen molar-refractivity contribution < 1.29 is 144 Å². The van der Waals surface area contributed by atoms with E-state index in [9.17, 15) is 18.9 Å². The quantitative estimate of drug-likeness (QED) is 0.0171. The third-order valence-corrected chi connectivity index (χ3v) is 17.7. The molecule has 39 nitrogen and oxygen atoms in total. The number of carbonyl (C=O) groups is 3. The van der Waals surface area contributed by atoms with Gasteiger partial charge in [0.1, 0.15) is 85.6 Å². The van der Waals surface area contributed by atoms with Gasteiger partial charge in [0.15, 0.2) is 12.2 Å². The minimum atomic E-state index is -3.22.